The normalized spacial score (nSPS) is 23.7. The smallest absolute Gasteiger partial charge is 0.224 e. The first-order valence-corrected chi connectivity index (χ1v) is 12.8. The molecule has 1 aliphatic heterocycles. The Balaban J connectivity index is 1.31. The van der Waals surface area contributed by atoms with Crippen LogP contribution in [0.4, 0.5) is 0 Å². The topological polar surface area (TPSA) is 43.8 Å². The van der Waals surface area contributed by atoms with Crippen LogP contribution < -0.4 is 0 Å². The third-order valence-corrected chi connectivity index (χ3v) is 8.73. The SMILES string of the molecule is C[C@H]1[C@H]2Cc3ccc(O)cc3[C@]1(C)CCN2CCC(=O)N(C)C(c1ccccc1)c1ccccc1. The predicted molar refractivity (Wildman–Crippen MR) is 140 cm³/mol. The van der Waals surface area contributed by atoms with Gasteiger partial charge in [0.25, 0.3) is 0 Å². The number of hydrogen-bond acceptors (Lipinski definition) is 3. The molecule has 5 rings (SSSR count). The van der Waals surface area contributed by atoms with Gasteiger partial charge in [-0.25, -0.2) is 0 Å². The van der Waals surface area contributed by atoms with Crippen molar-refractivity contribution in [1.82, 2.24) is 9.80 Å². The van der Waals surface area contributed by atoms with Crippen molar-refractivity contribution in [3.05, 3.63) is 101 Å². The lowest BCUT2D eigenvalue weighted by atomic mass is 9.59. The second-order valence-electron chi connectivity index (χ2n) is 10.6. The third kappa shape index (κ3) is 4.36. The highest BCUT2D eigenvalue weighted by Gasteiger charge is 2.48. The van der Waals surface area contributed by atoms with E-state index < -0.39 is 0 Å². The van der Waals surface area contributed by atoms with Crippen LogP contribution in [-0.2, 0) is 16.6 Å². The minimum absolute atomic E-state index is 0.0694. The number of carbonyl (C=O) groups excluding carboxylic acids is 1. The molecule has 1 amide bonds. The lowest BCUT2D eigenvalue weighted by Crippen LogP contribution is -2.58. The number of likely N-dealkylation sites (tertiary alicyclic amines) is 1. The molecule has 3 aromatic rings. The zero-order valence-corrected chi connectivity index (χ0v) is 21.0. The first-order valence-electron chi connectivity index (χ1n) is 12.8. The van der Waals surface area contributed by atoms with Gasteiger partial charge in [-0.1, -0.05) is 80.6 Å². The largest absolute Gasteiger partial charge is 0.508 e. The van der Waals surface area contributed by atoms with Gasteiger partial charge in [0, 0.05) is 26.1 Å². The number of benzene rings is 3. The maximum atomic E-state index is 13.5. The summed E-state index contributed by atoms with van der Waals surface area (Å²) in [5.41, 5.74) is 4.98. The van der Waals surface area contributed by atoms with Gasteiger partial charge >= 0.3 is 0 Å². The van der Waals surface area contributed by atoms with Crippen molar-refractivity contribution in [3.63, 3.8) is 0 Å². The maximum Gasteiger partial charge on any atom is 0.224 e. The average molecular weight is 469 g/mol. The molecule has 35 heavy (non-hydrogen) atoms. The van der Waals surface area contributed by atoms with Gasteiger partial charge in [-0.05, 0) is 65.1 Å². The van der Waals surface area contributed by atoms with Crippen LogP contribution in [0.2, 0.25) is 0 Å². The summed E-state index contributed by atoms with van der Waals surface area (Å²) in [6.07, 6.45) is 2.53. The molecule has 1 aliphatic carbocycles. The number of carbonyl (C=O) groups is 1. The molecule has 3 aromatic carbocycles. The Bertz CT molecular complexity index is 1140. The molecule has 0 radical (unpaired) electrons. The van der Waals surface area contributed by atoms with Gasteiger partial charge < -0.3 is 10.0 Å². The summed E-state index contributed by atoms with van der Waals surface area (Å²) in [5.74, 6) is 1.00. The van der Waals surface area contributed by atoms with Gasteiger partial charge in [0.1, 0.15) is 5.75 Å². The standard InChI is InChI=1S/C31H36N2O2/c1-22-28-20-25-14-15-26(34)21-27(25)31(22,2)17-19-33(28)18-16-29(35)32(3)30(23-10-6-4-7-11-23)24-12-8-5-9-13-24/h4-15,21-22,28,30,34H,16-20H2,1-3H3/t22-,28+,31+/m0/s1. The van der Waals surface area contributed by atoms with Crippen molar-refractivity contribution in [3.8, 4) is 5.75 Å². The molecule has 0 saturated carbocycles. The highest BCUT2D eigenvalue weighted by atomic mass is 16.3. The number of amides is 1. The zero-order chi connectivity index (χ0) is 24.6. The number of rotatable bonds is 6. The molecule has 2 aliphatic rings. The molecule has 1 heterocycles. The van der Waals surface area contributed by atoms with E-state index in [9.17, 15) is 9.90 Å². The number of aromatic hydroxyl groups is 1. The van der Waals surface area contributed by atoms with Crippen LogP contribution in [0.5, 0.6) is 5.75 Å². The van der Waals surface area contributed by atoms with Crippen molar-refractivity contribution in [2.45, 2.75) is 50.6 Å². The quantitative estimate of drug-likeness (QED) is 0.516. The van der Waals surface area contributed by atoms with E-state index in [0.717, 1.165) is 37.1 Å². The van der Waals surface area contributed by atoms with E-state index in [-0.39, 0.29) is 17.4 Å². The fraction of sp³-hybridized carbons (Fsp3) is 0.387. The minimum atomic E-state index is -0.0947. The van der Waals surface area contributed by atoms with Crippen LogP contribution in [-0.4, -0.2) is 47.0 Å². The molecular formula is C31H36N2O2. The second-order valence-corrected chi connectivity index (χ2v) is 10.6. The van der Waals surface area contributed by atoms with Crippen LogP contribution in [0.1, 0.15) is 55.0 Å². The molecule has 182 valence electrons. The Hall–Kier alpha value is -3.11. The lowest BCUT2D eigenvalue weighted by molar-refractivity contribution is -0.132. The van der Waals surface area contributed by atoms with E-state index in [1.54, 1.807) is 0 Å². The Morgan fingerprint density at radius 3 is 2.31 bits per heavy atom. The molecule has 0 spiro atoms. The summed E-state index contributed by atoms with van der Waals surface area (Å²) in [6, 6.07) is 26.8. The van der Waals surface area contributed by atoms with Gasteiger partial charge in [0.2, 0.25) is 5.91 Å². The van der Waals surface area contributed by atoms with Crippen molar-refractivity contribution in [1.29, 1.82) is 0 Å². The summed E-state index contributed by atoms with van der Waals surface area (Å²) in [4.78, 5) is 18.0. The number of phenolic OH excluding ortho intramolecular Hbond substituents is 1. The van der Waals surface area contributed by atoms with Crippen LogP contribution in [0.3, 0.4) is 0 Å². The van der Waals surface area contributed by atoms with Crippen LogP contribution in [0.15, 0.2) is 78.9 Å². The van der Waals surface area contributed by atoms with Crippen molar-refractivity contribution >= 4 is 5.91 Å². The Labute approximate surface area is 209 Å². The number of nitrogens with zero attached hydrogens (tertiary/aromatic N) is 2. The molecule has 3 atom stereocenters. The van der Waals surface area contributed by atoms with Crippen molar-refractivity contribution in [2.24, 2.45) is 5.92 Å². The van der Waals surface area contributed by atoms with Crippen LogP contribution in [0.25, 0.3) is 0 Å². The summed E-state index contributed by atoms with van der Waals surface area (Å²) in [5, 5.41) is 10.1. The van der Waals surface area contributed by atoms with Gasteiger partial charge in [0.05, 0.1) is 6.04 Å². The number of hydrogen-bond donors (Lipinski definition) is 1. The fourth-order valence-electron chi connectivity index (χ4n) is 6.44. The van der Waals surface area contributed by atoms with Gasteiger partial charge in [-0.2, -0.15) is 0 Å². The highest BCUT2D eigenvalue weighted by Crippen LogP contribution is 2.49. The van der Waals surface area contributed by atoms with Crippen LogP contribution >= 0.6 is 0 Å². The zero-order valence-electron chi connectivity index (χ0n) is 21.0. The molecular weight excluding hydrogens is 432 g/mol. The Morgan fingerprint density at radius 2 is 1.69 bits per heavy atom. The van der Waals surface area contributed by atoms with E-state index in [4.69, 9.17) is 0 Å². The van der Waals surface area contributed by atoms with E-state index in [2.05, 4.69) is 49.1 Å². The molecule has 1 N–H and O–H groups in total. The number of fused-ring (bicyclic) bond motifs is 4. The third-order valence-electron chi connectivity index (χ3n) is 8.73. The molecule has 1 fully saturated rings. The molecule has 4 nitrogen and oxygen atoms in total. The molecule has 1 saturated heterocycles. The first kappa shape index (κ1) is 23.6. The predicted octanol–water partition coefficient (Wildman–Crippen LogP) is 5.55. The van der Waals surface area contributed by atoms with E-state index >= 15 is 0 Å². The molecule has 4 heteroatoms. The van der Waals surface area contributed by atoms with Crippen LogP contribution in [0, 0.1) is 5.92 Å². The summed E-state index contributed by atoms with van der Waals surface area (Å²) >= 11 is 0. The van der Waals surface area contributed by atoms with Gasteiger partial charge in [0.15, 0.2) is 0 Å². The van der Waals surface area contributed by atoms with E-state index in [0.29, 0.717) is 24.1 Å². The molecule has 2 bridgehead atoms. The van der Waals surface area contributed by atoms with E-state index in [1.165, 1.54) is 11.1 Å². The second kappa shape index (κ2) is 9.50. The number of phenols is 1. The van der Waals surface area contributed by atoms with Crippen molar-refractivity contribution in [2.75, 3.05) is 20.1 Å². The molecule has 0 unspecified atom stereocenters. The van der Waals surface area contributed by atoms with E-state index in [1.807, 2.05) is 60.5 Å². The minimum Gasteiger partial charge on any atom is -0.508 e. The lowest BCUT2D eigenvalue weighted by Gasteiger charge is -2.54. The average Bonchev–Trinajstić information content (AvgIpc) is 2.87. The Kier molecular flexibility index (Phi) is 6.41. The number of piperidine rings is 1. The fourth-order valence-corrected chi connectivity index (χ4v) is 6.44. The summed E-state index contributed by atoms with van der Waals surface area (Å²) < 4.78 is 0. The van der Waals surface area contributed by atoms with Gasteiger partial charge in [-0.3, -0.25) is 9.69 Å². The first-order chi connectivity index (χ1) is 16.9. The van der Waals surface area contributed by atoms with Crippen molar-refractivity contribution < 1.29 is 9.90 Å². The highest BCUT2D eigenvalue weighted by molar-refractivity contribution is 5.77. The Morgan fingerprint density at radius 1 is 1.06 bits per heavy atom. The van der Waals surface area contributed by atoms with Gasteiger partial charge in [-0.15, -0.1) is 0 Å². The summed E-state index contributed by atoms with van der Waals surface area (Å²) in [7, 11) is 1.94. The molecule has 0 aromatic heterocycles. The monoisotopic (exact) mass is 468 g/mol. The maximum absolute atomic E-state index is 13.5. The summed E-state index contributed by atoms with van der Waals surface area (Å²) in [6.45, 7) is 6.46.